The first-order valence-corrected chi connectivity index (χ1v) is 6.91. The zero-order chi connectivity index (χ0) is 13.3. The van der Waals surface area contributed by atoms with Crippen molar-refractivity contribution in [1.82, 2.24) is 10.6 Å². The van der Waals surface area contributed by atoms with Crippen LogP contribution in [0.2, 0.25) is 0 Å². The first-order chi connectivity index (χ1) is 8.76. The molecule has 5 nitrogen and oxygen atoms in total. The van der Waals surface area contributed by atoms with Crippen LogP contribution in [0.15, 0.2) is 4.99 Å². The van der Waals surface area contributed by atoms with Gasteiger partial charge in [0.25, 0.3) is 0 Å². The zero-order valence-corrected chi connectivity index (χ0v) is 14.7. The van der Waals surface area contributed by atoms with Gasteiger partial charge in [0.2, 0.25) is 0 Å². The third-order valence-corrected chi connectivity index (χ3v) is 3.25. The Kier molecular flexibility index (Phi) is 10.6. The summed E-state index contributed by atoms with van der Waals surface area (Å²) in [6.07, 6.45) is 2.92. The van der Waals surface area contributed by atoms with Crippen molar-refractivity contribution in [3.63, 3.8) is 0 Å². The summed E-state index contributed by atoms with van der Waals surface area (Å²) in [4.78, 5) is 4.63. The minimum atomic E-state index is -0.146. The quantitative estimate of drug-likeness (QED) is 0.416. The summed E-state index contributed by atoms with van der Waals surface area (Å²) >= 11 is 0. The fraction of sp³-hybridized carbons (Fsp3) is 0.923. The zero-order valence-electron chi connectivity index (χ0n) is 12.3. The van der Waals surface area contributed by atoms with Gasteiger partial charge >= 0.3 is 0 Å². The Bertz CT molecular complexity index is 256. The maximum atomic E-state index is 5.67. The molecule has 0 atom stereocenters. The van der Waals surface area contributed by atoms with E-state index in [4.69, 9.17) is 9.47 Å². The van der Waals surface area contributed by atoms with Crippen molar-refractivity contribution in [2.24, 2.45) is 4.99 Å². The SMILES string of the molecule is CCCNC(=NCC1(OC)CCOCC1)NCC.I. The van der Waals surface area contributed by atoms with Crippen LogP contribution >= 0.6 is 24.0 Å². The molecule has 114 valence electrons. The molecule has 19 heavy (non-hydrogen) atoms. The number of nitrogens with one attached hydrogen (secondary N) is 2. The molecule has 0 aliphatic carbocycles. The van der Waals surface area contributed by atoms with E-state index in [2.05, 4.69) is 29.5 Å². The molecule has 1 fully saturated rings. The lowest BCUT2D eigenvalue weighted by atomic mass is 9.94. The van der Waals surface area contributed by atoms with E-state index in [1.807, 2.05) is 0 Å². The fourth-order valence-electron chi connectivity index (χ4n) is 1.98. The van der Waals surface area contributed by atoms with Gasteiger partial charge in [0.1, 0.15) is 0 Å². The first kappa shape index (κ1) is 18.9. The molecule has 0 aromatic heterocycles. The van der Waals surface area contributed by atoms with Gasteiger partial charge in [0, 0.05) is 46.3 Å². The van der Waals surface area contributed by atoms with E-state index in [0.29, 0.717) is 6.54 Å². The summed E-state index contributed by atoms with van der Waals surface area (Å²) in [7, 11) is 1.77. The van der Waals surface area contributed by atoms with Crippen molar-refractivity contribution in [2.45, 2.75) is 38.7 Å². The van der Waals surface area contributed by atoms with Crippen LogP contribution in [-0.4, -0.2) is 51.5 Å². The van der Waals surface area contributed by atoms with Crippen LogP contribution in [0.1, 0.15) is 33.1 Å². The highest BCUT2D eigenvalue weighted by Gasteiger charge is 2.32. The van der Waals surface area contributed by atoms with Gasteiger partial charge in [-0.3, -0.25) is 4.99 Å². The van der Waals surface area contributed by atoms with Gasteiger partial charge in [-0.2, -0.15) is 0 Å². The number of guanidine groups is 1. The molecule has 0 amide bonds. The average Bonchev–Trinajstić information content (AvgIpc) is 2.43. The number of hydrogen-bond acceptors (Lipinski definition) is 3. The Morgan fingerprint density at radius 2 is 1.95 bits per heavy atom. The second kappa shape index (κ2) is 10.7. The predicted molar refractivity (Wildman–Crippen MR) is 89.5 cm³/mol. The largest absolute Gasteiger partial charge is 0.381 e. The Morgan fingerprint density at radius 1 is 1.26 bits per heavy atom. The van der Waals surface area contributed by atoms with Crippen molar-refractivity contribution in [1.29, 1.82) is 0 Å². The third kappa shape index (κ3) is 6.76. The van der Waals surface area contributed by atoms with Gasteiger partial charge in [-0.1, -0.05) is 6.92 Å². The van der Waals surface area contributed by atoms with E-state index >= 15 is 0 Å². The molecule has 1 rings (SSSR count). The van der Waals surface area contributed by atoms with E-state index < -0.39 is 0 Å². The van der Waals surface area contributed by atoms with Crippen LogP contribution in [0.25, 0.3) is 0 Å². The van der Waals surface area contributed by atoms with Crippen molar-refractivity contribution in [3.8, 4) is 0 Å². The van der Waals surface area contributed by atoms with Crippen LogP contribution in [0.3, 0.4) is 0 Å². The number of aliphatic imine (C=N–C) groups is 1. The van der Waals surface area contributed by atoms with E-state index in [1.165, 1.54) is 0 Å². The van der Waals surface area contributed by atoms with E-state index in [1.54, 1.807) is 7.11 Å². The minimum Gasteiger partial charge on any atom is -0.381 e. The minimum absolute atomic E-state index is 0. The topological polar surface area (TPSA) is 54.9 Å². The average molecular weight is 385 g/mol. The number of methoxy groups -OCH3 is 1. The smallest absolute Gasteiger partial charge is 0.191 e. The molecule has 0 spiro atoms. The molecule has 0 unspecified atom stereocenters. The van der Waals surface area contributed by atoms with Crippen molar-refractivity contribution < 1.29 is 9.47 Å². The normalized spacial score (nSPS) is 18.6. The van der Waals surface area contributed by atoms with Gasteiger partial charge in [0.05, 0.1) is 12.1 Å². The Labute approximate surface area is 133 Å². The van der Waals surface area contributed by atoms with E-state index in [9.17, 15) is 0 Å². The molecule has 1 aliphatic rings. The molecule has 0 radical (unpaired) electrons. The molecular formula is C13H28IN3O2. The molecule has 1 heterocycles. The summed E-state index contributed by atoms with van der Waals surface area (Å²) in [5.41, 5.74) is -0.146. The molecule has 0 aromatic rings. The number of nitrogens with zero attached hydrogens (tertiary/aromatic N) is 1. The van der Waals surface area contributed by atoms with Crippen molar-refractivity contribution >= 4 is 29.9 Å². The molecule has 1 aliphatic heterocycles. The third-order valence-electron chi connectivity index (χ3n) is 3.25. The lowest BCUT2D eigenvalue weighted by molar-refractivity contribution is -0.0828. The van der Waals surface area contributed by atoms with Gasteiger partial charge in [-0.15, -0.1) is 24.0 Å². The lowest BCUT2D eigenvalue weighted by Crippen LogP contribution is -2.43. The summed E-state index contributed by atoms with van der Waals surface area (Å²) < 4.78 is 11.1. The molecule has 0 bridgehead atoms. The maximum Gasteiger partial charge on any atom is 0.191 e. The molecule has 2 N–H and O–H groups in total. The monoisotopic (exact) mass is 385 g/mol. The second-order valence-electron chi connectivity index (χ2n) is 4.62. The van der Waals surface area contributed by atoms with Crippen LogP contribution in [0.4, 0.5) is 0 Å². The highest BCUT2D eigenvalue weighted by molar-refractivity contribution is 14.0. The summed E-state index contributed by atoms with van der Waals surface area (Å²) in [6, 6.07) is 0. The number of halogens is 1. The molecule has 0 aromatic carbocycles. The van der Waals surface area contributed by atoms with Gasteiger partial charge in [0.15, 0.2) is 5.96 Å². The standard InChI is InChI=1S/C13H27N3O2.HI/c1-4-8-15-12(14-5-2)16-11-13(17-3)6-9-18-10-7-13;/h4-11H2,1-3H3,(H2,14,15,16);1H. The maximum absolute atomic E-state index is 5.67. The van der Waals surface area contributed by atoms with Crippen molar-refractivity contribution in [3.05, 3.63) is 0 Å². The summed E-state index contributed by atoms with van der Waals surface area (Å²) in [5.74, 6) is 0.877. The van der Waals surface area contributed by atoms with Crippen LogP contribution in [0, 0.1) is 0 Å². The molecule has 1 saturated heterocycles. The van der Waals surface area contributed by atoms with E-state index in [0.717, 1.165) is 51.5 Å². The van der Waals surface area contributed by atoms with E-state index in [-0.39, 0.29) is 29.6 Å². The highest BCUT2D eigenvalue weighted by Crippen LogP contribution is 2.24. The highest BCUT2D eigenvalue weighted by atomic mass is 127. The second-order valence-corrected chi connectivity index (χ2v) is 4.62. The number of rotatable bonds is 6. The Morgan fingerprint density at radius 3 is 2.47 bits per heavy atom. The predicted octanol–water partition coefficient (Wildman–Crippen LogP) is 1.77. The Balaban J connectivity index is 0.00000324. The van der Waals surface area contributed by atoms with Crippen LogP contribution < -0.4 is 10.6 Å². The molecule has 6 heteroatoms. The Hall–Kier alpha value is -0.0800. The lowest BCUT2D eigenvalue weighted by Gasteiger charge is -2.34. The molecule has 0 saturated carbocycles. The number of ether oxygens (including phenoxy) is 2. The fourth-order valence-corrected chi connectivity index (χ4v) is 1.98. The summed E-state index contributed by atoms with van der Waals surface area (Å²) in [6.45, 7) is 8.25. The molecular weight excluding hydrogens is 357 g/mol. The van der Waals surface area contributed by atoms with Crippen LogP contribution in [0.5, 0.6) is 0 Å². The van der Waals surface area contributed by atoms with Gasteiger partial charge < -0.3 is 20.1 Å². The first-order valence-electron chi connectivity index (χ1n) is 6.91. The summed E-state index contributed by atoms with van der Waals surface area (Å²) in [5, 5.41) is 6.55. The number of hydrogen-bond donors (Lipinski definition) is 2. The van der Waals surface area contributed by atoms with Crippen molar-refractivity contribution in [2.75, 3.05) is 40.0 Å². The van der Waals surface area contributed by atoms with Gasteiger partial charge in [-0.05, 0) is 13.3 Å². The van der Waals surface area contributed by atoms with Crippen LogP contribution in [-0.2, 0) is 9.47 Å². The van der Waals surface area contributed by atoms with Gasteiger partial charge in [-0.25, -0.2) is 0 Å².